The van der Waals surface area contributed by atoms with Crippen LogP contribution in [0.2, 0.25) is 0 Å². The lowest BCUT2D eigenvalue weighted by Crippen LogP contribution is -2.29. The van der Waals surface area contributed by atoms with E-state index in [0.717, 1.165) is 16.9 Å². The fourth-order valence-corrected chi connectivity index (χ4v) is 2.81. The number of rotatable bonds is 7. The maximum atomic E-state index is 12.2. The molecule has 0 bridgehead atoms. The maximum absolute atomic E-state index is 12.2. The third-order valence-electron chi connectivity index (χ3n) is 4.39. The van der Waals surface area contributed by atoms with Crippen LogP contribution in [-0.4, -0.2) is 35.8 Å². The van der Waals surface area contributed by atoms with Crippen molar-refractivity contribution in [1.29, 1.82) is 0 Å². The number of ether oxygens (including phenoxy) is 1. The second-order valence-electron chi connectivity index (χ2n) is 6.49. The largest absolute Gasteiger partial charge is 0.492 e. The molecule has 6 nitrogen and oxygen atoms in total. The topological polar surface area (TPSA) is 75.7 Å². The van der Waals surface area contributed by atoms with E-state index in [1.54, 1.807) is 24.3 Å². The van der Waals surface area contributed by atoms with Crippen molar-refractivity contribution >= 4 is 17.7 Å². The van der Waals surface area contributed by atoms with Crippen molar-refractivity contribution < 1.29 is 19.1 Å². The van der Waals surface area contributed by atoms with Crippen LogP contribution in [0, 0.1) is 6.92 Å². The molecule has 1 saturated heterocycles. The molecule has 140 valence electrons. The zero-order valence-electron chi connectivity index (χ0n) is 15.2. The minimum atomic E-state index is -0.192. The summed E-state index contributed by atoms with van der Waals surface area (Å²) in [5, 5.41) is 2.80. The lowest BCUT2D eigenvalue weighted by Gasteiger charge is -2.14. The fraction of sp³-hybridized carbons (Fsp3) is 0.286. The van der Waals surface area contributed by atoms with Gasteiger partial charge in [0.2, 0.25) is 11.8 Å². The van der Waals surface area contributed by atoms with E-state index in [0.29, 0.717) is 18.7 Å². The van der Waals surface area contributed by atoms with Gasteiger partial charge < -0.3 is 10.1 Å². The molecule has 3 amide bonds. The summed E-state index contributed by atoms with van der Waals surface area (Å²) in [7, 11) is 0. The summed E-state index contributed by atoms with van der Waals surface area (Å²) in [6.07, 6.45) is 0.563. The van der Waals surface area contributed by atoms with Crippen LogP contribution >= 0.6 is 0 Å². The highest BCUT2D eigenvalue weighted by Crippen LogP contribution is 2.16. The van der Waals surface area contributed by atoms with Crippen molar-refractivity contribution in [2.45, 2.75) is 26.3 Å². The second kappa shape index (κ2) is 8.49. The molecule has 0 unspecified atom stereocenters. The zero-order valence-corrected chi connectivity index (χ0v) is 15.2. The number of carbonyl (C=O) groups excluding carboxylic acids is 3. The molecule has 1 N–H and O–H groups in total. The molecule has 6 heteroatoms. The van der Waals surface area contributed by atoms with Gasteiger partial charge in [-0.05, 0) is 36.8 Å². The zero-order chi connectivity index (χ0) is 19.2. The van der Waals surface area contributed by atoms with Crippen molar-refractivity contribution in [3.8, 4) is 5.75 Å². The van der Waals surface area contributed by atoms with Crippen LogP contribution in [-0.2, 0) is 16.1 Å². The third kappa shape index (κ3) is 4.94. The SMILES string of the molecule is Cc1ccc(OCCNC(=O)c2ccc(CN3C(=O)CCC3=O)cc2)cc1. The van der Waals surface area contributed by atoms with Crippen LogP contribution in [0.3, 0.4) is 0 Å². The number of carbonyl (C=O) groups is 3. The summed E-state index contributed by atoms with van der Waals surface area (Å²) in [4.78, 5) is 36.8. The van der Waals surface area contributed by atoms with Crippen molar-refractivity contribution in [3.05, 3.63) is 65.2 Å². The van der Waals surface area contributed by atoms with Gasteiger partial charge >= 0.3 is 0 Å². The highest BCUT2D eigenvalue weighted by atomic mass is 16.5. The molecule has 2 aromatic carbocycles. The highest BCUT2D eigenvalue weighted by molar-refractivity contribution is 6.01. The molecular formula is C21H22N2O4. The third-order valence-corrected chi connectivity index (χ3v) is 4.39. The molecule has 1 aliphatic heterocycles. The molecule has 1 heterocycles. The number of amides is 3. The van der Waals surface area contributed by atoms with Crippen molar-refractivity contribution in [2.24, 2.45) is 0 Å². The summed E-state index contributed by atoms with van der Waals surface area (Å²) >= 11 is 0. The Bertz CT molecular complexity index is 812. The molecule has 0 saturated carbocycles. The van der Waals surface area contributed by atoms with Gasteiger partial charge in [0.25, 0.3) is 5.91 Å². The molecule has 27 heavy (non-hydrogen) atoms. The molecular weight excluding hydrogens is 344 g/mol. The Balaban J connectivity index is 1.45. The van der Waals surface area contributed by atoms with Crippen LogP contribution in [0.4, 0.5) is 0 Å². The number of imide groups is 1. The van der Waals surface area contributed by atoms with Gasteiger partial charge in [-0.3, -0.25) is 19.3 Å². The van der Waals surface area contributed by atoms with Crippen LogP contribution in [0.1, 0.15) is 34.3 Å². The van der Waals surface area contributed by atoms with Crippen LogP contribution in [0.15, 0.2) is 48.5 Å². The second-order valence-corrected chi connectivity index (χ2v) is 6.49. The monoisotopic (exact) mass is 366 g/mol. The van der Waals surface area contributed by atoms with Crippen LogP contribution in [0.25, 0.3) is 0 Å². The molecule has 2 aromatic rings. The number of hydrogen-bond acceptors (Lipinski definition) is 4. The Morgan fingerprint density at radius 1 is 1.00 bits per heavy atom. The van der Waals surface area contributed by atoms with Gasteiger partial charge in [-0.1, -0.05) is 29.8 Å². The summed E-state index contributed by atoms with van der Waals surface area (Å²) in [6.45, 7) is 3.04. The maximum Gasteiger partial charge on any atom is 0.251 e. The lowest BCUT2D eigenvalue weighted by molar-refractivity contribution is -0.139. The molecule has 0 aromatic heterocycles. The fourth-order valence-electron chi connectivity index (χ4n) is 2.81. The van der Waals surface area contributed by atoms with E-state index >= 15 is 0 Å². The number of nitrogens with zero attached hydrogens (tertiary/aromatic N) is 1. The van der Waals surface area contributed by atoms with E-state index < -0.39 is 0 Å². The summed E-state index contributed by atoms with van der Waals surface area (Å²) < 4.78 is 5.58. The van der Waals surface area contributed by atoms with Crippen molar-refractivity contribution in [2.75, 3.05) is 13.2 Å². The van der Waals surface area contributed by atoms with Gasteiger partial charge in [-0.2, -0.15) is 0 Å². The van der Waals surface area contributed by atoms with E-state index in [2.05, 4.69) is 5.32 Å². The van der Waals surface area contributed by atoms with Crippen molar-refractivity contribution in [3.63, 3.8) is 0 Å². The van der Waals surface area contributed by atoms with E-state index in [9.17, 15) is 14.4 Å². The van der Waals surface area contributed by atoms with Gasteiger partial charge in [0, 0.05) is 18.4 Å². The first kappa shape index (κ1) is 18.6. The van der Waals surface area contributed by atoms with Gasteiger partial charge in [0.15, 0.2) is 0 Å². The predicted molar refractivity (Wildman–Crippen MR) is 100 cm³/mol. The van der Waals surface area contributed by atoms with Gasteiger partial charge in [0.05, 0.1) is 13.1 Å². The van der Waals surface area contributed by atoms with E-state index in [1.165, 1.54) is 4.90 Å². The molecule has 1 aliphatic rings. The van der Waals surface area contributed by atoms with Gasteiger partial charge in [0.1, 0.15) is 12.4 Å². The summed E-state index contributed by atoms with van der Waals surface area (Å²) in [5.41, 5.74) is 2.50. The molecule has 1 fully saturated rings. The highest BCUT2D eigenvalue weighted by Gasteiger charge is 2.28. The first-order chi connectivity index (χ1) is 13.0. The van der Waals surface area contributed by atoms with E-state index in [4.69, 9.17) is 4.74 Å². The molecule has 0 spiro atoms. The van der Waals surface area contributed by atoms with Gasteiger partial charge in [-0.15, -0.1) is 0 Å². The number of likely N-dealkylation sites (tertiary alicyclic amines) is 1. The quantitative estimate of drug-likeness (QED) is 0.603. The molecule has 3 rings (SSSR count). The van der Waals surface area contributed by atoms with Crippen molar-refractivity contribution in [1.82, 2.24) is 10.2 Å². The Kier molecular flexibility index (Phi) is 5.86. The summed E-state index contributed by atoms with van der Waals surface area (Å²) in [5.74, 6) is 0.290. The first-order valence-corrected chi connectivity index (χ1v) is 8.93. The average molecular weight is 366 g/mol. The standard InChI is InChI=1S/C21H22N2O4/c1-15-2-8-18(9-3-15)27-13-12-22-21(26)17-6-4-16(5-7-17)14-23-19(24)10-11-20(23)25/h2-9H,10-14H2,1H3,(H,22,26). The van der Waals surface area contributed by atoms with E-state index in [-0.39, 0.29) is 37.1 Å². The Morgan fingerprint density at radius 2 is 1.63 bits per heavy atom. The number of nitrogens with one attached hydrogen (secondary N) is 1. The Morgan fingerprint density at radius 3 is 2.26 bits per heavy atom. The smallest absolute Gasteiger partial charge is 0.251 e. The Hall–Kier alpha value is -3.15. The van der Waals surface area contributed by atoms with Crippen LogP contribution < -0.4 is 10.1 Å². The van der Waals surface area contributed by atoms with E-state index in [1.807, 2.05) is 31.2 Å². The first-order valence-electron chi connectivity index (χ1n) is 8.93. The predicted octanol–water partition coefficient (Wildman–Crippen LogP) is 2.45. The normalized spacial score (nSPS) is 13.7. The van der Waals surface area contributed by atoms with Crippen LogP contribution in [0.5, 0.6) is 5.75 Å². The molecule has 0 radical (unpaired) electrons. The Labute approximate surface area is 158 Å². The minimum Gasteiger partial charge on any atom is -0.492 e. The molecule has 0 aliphatic carbocycles. The molecule has 0 atom stereocenters. The average Bonchev–Trinajstić information content (AvgIpc) is 2.99. The number of hydrogen-bond donors (Lipinski definition) is 1. The number of benzene rings is 2. The number of aryl methyl sites for hydroxylation is 1. The van der Waals surface area contributed by atoms with Gasteiger partial charge in [-0.25, -0.2) is 0 Å². The summed E-state index contributed by atoms with van der Waals surface area (Å²) in [6, 6.07) is 14.6. The lowest BCUT2D eigenvalue weighted by atomic mass is 10.1. The minimum absolute atomic E-state index is 0.143.